The predicted molar refractivity (Wildman–Crippen MR) is 119 cm³/mol. The Morgan fingerprint density at radius 2 is 1.76 bits per heavy atom. The van der Waals surface area contributed by atoms with Gasteiger partial charge in [-0.25, -0.2) is 0 Å². The molecule has 7 heteroatoms. The topological polar surface area (TPSA) is 59.8 Å². The van der Waals surface area contributed by atoms with Crippen LogP contribution in [0, 0.1) is 0 Å². The van der Waals surface area contributed by atoms with E-state index in [1.807, 2.05) is 47.0 Å². The molecule has 152 valence electrons. The summed E-state index contributed by atoms with van der Waals surface area (Å²) in [7, 11) is 0. The van der Waals surface area contributed by atoms with Gasteiger partial charge in [-0.15, -0.1) is 10.2 Å². The largest absolute Gasteiger partial charge is 0.353 e. The molecular formula is C22H25ClN4OS. The van der Waals surface area contributed by atoms with Crippen molar-refractivity contribution in [2.45, 2.75) is 44.3 Å². The summed E-state index contributed by atoms with van der Waals surface area (Å²) in [6.07, 6.45) is 2.50. The Morgan fingerprint density at radius 1 is 1.07 bits per heavy atom. The Morgan fingerprint density at radius 3 is 2.41 bits per heavy atom. The van der Waals surface area contributed by atoms with E-state index in [1.54, 1.807) is 0 Å². The SMILES string of the molecule is CCC(CC)NC(=O)CSc1nnc(Cc2ccccc2)n1-c1ccc(Cl)cc1. The molecule has 0 unspecified atom stereocenters. The minimum absolute atomic E-state index is 0.0129. The van der Waals surface area contributed by atoms with E-state index in [1.165, 1.54) is 11.8 Å². The number of nitrogens with zero attached hydrogens (tertiary/aromatic N) is 3. The lowest BCUT2D eigenvalue weighted by Gasteiger charge is -2.14. The fourth-order valence-electron chi connectivity index (χ4n) is 3.03. The molecule has 2 aromatic carbocycles. The summed E-state index contributed by atoms with van der Waals surface area (Å²) in [5, 5.41) is 13.2. The van der Waals surface area contributed by atoms with E-state index < -0.39 is 0 Å². The van der Waals surface area contributed by atoms with Crippen molar-refractivity contribution in [3.05, 3.63) is 71.0 Å². The molecule has 5 nitrogen and oxygen atoms in total. The molecule has 3 rings (SSSR count). The molecular weight excluding hydrogens is 404 g/mol. The number of nitrogens with one attached hydrogen (secondary N) is 1. The first kappa shape index (κ1) is 21.4. The monoisotopic (exact) mass is 428 g/mol. The van der Waals surface area contributed by atoms with Gasteiger partial charge in [0, 0.05) is 23.2 Å². The first-order valence-corrected chi connectivity index (χ1v) is 11.1. The van der Waals surface area contributed by atoms with Gasteiger partial charge in [-0.2, -0.15) is 0 Å². The summed E-state index contributed by atoms with van der Waals surface area (Å²) in [6, 6.07) is 17.9. The summed E-state index contributed by atoms with van der Waals surface area (Å²) >= 11 is 7.46. The zero-order valence-corrected chi connectivity index (χ0v) is 18.2. The van der Waals surface area contributed by atoms with E-state index in [4.69, 9.17) is 11.6 Å². The number of thioether (sulfide) groups is 1. The van der Waals surface area contributed by atoms with Crippen LogP contribution >= 0.6 is 23.4 Å². The zero-order chi connectivity index (χ0) is 20.6. The van der Waals surface area contributed by atoms with Gasteiger partial charge >= 0.3 is 0 Å². The Balaban J connectivity index is 1.83. The van der Waals surface area contributed by atoms with E-state index >= 15 is 0 Å². The van der Waals surface area contributed by atoms with Gasteiger partial charge in [-0.1, -0.05) is 67.5 Å². The maximum Gasteiger partial charge on any atom is 0.230 e. The van der Waals surface area contributed by atoms with Crippen LogP contribution in [0.1, 0.15) is 38.1 Å². The van der Waals surface area contributed by atoms with Crippen molar-refractivity contribution in [1.82, 2.24) is 20.1 Å². The van der Waals surface area contributed by atoms with E-state index in [0.29, 0.717) is 22.4 Å². The number of hydrogen-bond acceptors (Lipinski definition) is 4. The third-order valence-corrected chi connectivity index (χ3v) is 5.85. The fourth-order valence-corrected chi connectivity index (χ4v) is 3.94. The molecule has 29 heavy (non-hydrogen) atoms. The van der Waals surface area contributed by atoms with Crippen molar-refractivity contribution in [2.75, 3.05) is 5.75 Å². The molecule has 0 saturated carbocycles. The first-order chi connectivity index (χ1) is 14.1. The summed E-state index contributed by atoms with van der Waals surface area (Å²) in [5.41, 5.74) is 2.08. The summed E-state index contributed by atoms with van der Waals surface area (Å²) in [5.74, 6) is 1.13. The molecule has 0 bridgehead atoms. The first-order valence-electron chi connectivity index (χ1n) is 9.77. The van der Waals surface area contributed by atoms with Crippen LogP contribution < -0.4 is 5.32 Å². The molecule has 1 aromatic heterocycles. The molecule has 0 saturated heterocycles. The molecule has 1 amide bonds. The zero-order valence-electron chi connectivity index (χ0n) is 16.6. The van der Waals surface area contributed by atoms with Crippen LogP contribution in [0.5, 0.6) is 0 Å². The minimum Gasteiger partial charge on any atom is -0.353 e. The van der Waals surface area contributed by atoms with Crippen LogP contribution in [0.25, 0.3) is 5.69 Å². The van der Waals surface area contributed by atoms with Crippen molar-refractivity contribution in [2.24, 2.45) is 0 Å². The van der Waals surface area contributed by atoms with Gasteiger partial charge in [0.25, 0.3) is 0 Å². The number of aromatic nitrogens is 3. The van der Waals surface area contributed by atoms with Gasteiger partial charge in [0.1, 0.15) is 5.82 Å². The second-order valence-electron chi connectivity index (χ2n) is 6.74. The van der Waals surface area contributed by atoms with Crippen LogP contribution in [-0.2, 0) is 11.2 Å². The van der Waals surface area contributed by atoms with Crippen LogP contribution in [-0.4, -0.2) is 32.5 Å². The molecule has 1 heterocycles. The number of carbonyl (C=O) groups excluding carboxylic acids is 1. The maximum absolute atomic E-state index is 12.3. The summed E-state index contributed by atoms with van der Waals surface area (Å²) < 4.78 is 2.00. The normalized spacial score (nSPS) is 11.0. The van der Waals surface area contributed by atoms with Crippen LogP contribution in [0.4, 0.5) is 0 Å². The lowest BCUT2D eigenvalue weighted by Crippen LogP contribution is -2.35. The third kappa shape index (κ3) is 5.84. The van der Waals surface area contributed by atoms with E-state index in [9.17, 15) is 4.79 Å². The molecule has 0 atom stereocenters. The van der Waals surface area contributed by atoms with E-state index in [0.717, 1.165) is 29.9 Å². The van der Waals surface area contributed by atoms with Crippen molar-refractivity contribution in [1.29, 1.82) is 0 Å². The van der Waals surface area contributed by atoms with E-state index in [2.05, 4.69) is 41.5 Å². The minimum atomic E-state index is 0.0129. The van der Waals surface area contributed by atoms with Gasteiger partial charge in [-0.05, 0) is 42.7 Å². The summed E-state index contributed by atoms with van der Waals surface area (Å²) in [6.45, 7) is 4.16. The molecule has 1 N–H and O–H groups in total. The van der Waals surface area contributed by atoms with Crippen molar-refractivity contribution in [3.8, 4) is 5.69 Å². The number of halogens is 1. The number of rotatable bonds is 9. The number of benzene rings is 2. The Kier molecular flexibility index (Phi) is 7.72. The molecule has 0 radical (unpaired) electrons. The lowest BCUT2D eigenvalue weighted by molar-refractivity contribution is -0.119. The van der Waals surface area contributed by atoms with Gasteiger partial charge in [0.2, 0.25) is 5.91 Å². The van der Waals surface area contributed by atoms with Crippen molar-refractivity contribution in [3.63, 3.8) is 0 Å². The highest BCUT2D eigenvalue weighted by molar-refractivity contribution is 7.99. The molecule has 0 aliphatic rings. The summed E-state index contributed by atoms with van der Waals surface area (Å²) in [4.78, 5) is 12.3. The fraction of sp³-hybridized carbons (Fsp3) is 0.318. The lowest BCUT2D eigenvalue weighted by atomic mass is 10.1. The molecule has 0 aliphatic heterocycles. The third-order valence-electron chi connectivity index (χ3n) is 4.67. The quantitative estimate of drug-likeness (QED) is 0.492. The van der Waals surface area contributed by atoms with Gasteiger partial charge < -0.3 is 5.32 Å². The highest BCUT2D eigenvalue weighted by Crippen LogP contribution is 2.24. The van der Waals surface area contributed by atoms with Gasteiger partial charge in [0.15, 0.2) is 5.16 Å². The molecule has 0 spiro atoms. The standard InChI is InChI=1S/C22H25ClN4OS/c1-3-18(4-2)24-21(28)15-29-22-26-25-20(14-16-8-6-5-7-9-16)27(22)19-12-10-17(23)11-13-19/h5-13,18H,3-4,14-15H2,1-2H3,(H,24,28). The number of hydrogen-bond donors (Lipinski definition) is 1. The van der Waals surface area contributed by atoms with Crippen molar-refractivity contribution >= 4 is 29.3 Å². The number of amides is 1. The van der Waals surface area contributed by atoms with Crippen LogP contribution in [0.15, 0.2) is 59.8 Å². The molecule has 3 aromatic rings. The Labute approximate surface area is 180 Å². The second-order valence-corrected chi connectivity index (χ2v) is 8.12. The predicted octanol–water partition coefficient (Wildman–Crippen LogP) is 4.91. The second kappa shape index (κ2) is 10.5. The average Bonchev–Trinajstić information content (AvgIpc) is 3.14. The average molecular weight is 429 g/mol. The maximum atomic E-state index is 12.3. The van der Waals surface area contributed by atoms with Gasteiger partial charge in [0.05, 0.1) is 5.75 Å². The number of carbonyl (C=O) groups is 1. The highest BCUT2D eigenvalue weighted by atomic mass is 35.5. The Hall–Kier alpha value is -2.31. The molecule has 0 aliphatic carbocycles. The van der Waals surface area contributed by atoms with E-state index in [-0.39, 0.29) is 11.9 Å². The van der Waals surface area contributed by atoms with Crippen molar-refractivity contribution < 1.29 is 4.79 Å². The van der Waals surface area contributed by atoms with Crippen LogP contribution in [0.2, 0.25) is 5.02 Å². The Bertz CT molecular complexity index is 924. The molecule has 0 fully saturated rings. The van der Waals surface area contributed by atoms with Gasteiger partial charge in [-0.3, -0.25) is 9.36 Å². The highest BCUT2D eigenvalue weighted by Gasteiger charge is 2.17. The van der Waals surface area contributed by atoms with Crippen LogP contribution in [0.3, 0.4) is 0 Å². The smallest absolute Gasteiger partial charge is 0.230 e.